The van der Waals surface area contributed by atoms with Crippen LogP contribution in [-0.2, 0) is 11.2 Å². The Balaban J connectivity index is 1.84. The first-order chi connectivity index (χ1) is 11.6. The maximum atomic E-state index is 12.0. The van der Waals surface area contributed by atoms with Crippen molar-refractivity contribution in [1.29, 1.82) is 0 Å². The maximum absolute atomic E-state index is 12.0. The minimum Gasteiger partial charge on any atom is -0.497 e. The number of methoxy groups -OCH3 is 2. The summed E-state index contributed by atoms with van der Waals surface area (Å²) in [5.41, 5.74) is 8.02. The highest BCUT2D eigenvalue weighted by atomic mass is 16.5. The molecule has 128 valence electrons. The molecule has 0 bridgehead atoms. The van der Waals surface area contributed by atoms with Gasteiger partial charge in [-0.1, -0.05) is 30.3 Å². The lowest BCUT2D eigenvalue weighted by atomic mass is 10.0. The van der Waals surface area contributed by atoms with Gasteiger partial charge in [0.25, 0.3) is 0 Å². The Kier molecular flexibility index (Phi) is 6.63. The van der Waals surface area contributed by atoms with Crippen LogP contribution in [0.2, 0.25) is 0 Å². The van der Waals surface area contributed by atoms with E-state index in [-0.39, 0.29) is 18.4 Å². The van der Waals surface area contributed by atoms with E-state index in [1.54, 1.807) is 14.2 Å². The minimum absolute atomic E-state index is 0.0618. The number of benzene rings is 2. The predicted molar refractivity (Wildman–Crippen MR) is 94.2 cm³/mol. The van der Waals surface area contributed by atoms with Crippen LogP contribution in [0.5, 0.6) is 11.5 Å². The molecule has 0 aromatic heterocycles. The van der Waals surface area contributed by atoms with Crippen molar-refractivity contribution in [2.24, 2.45) is 5.73 Å². The third-order valence-corrected chi connectivity index (χ3v) is 3.84. The van der Waals surface area contributed by atoms with Crippen molar-refractivity contribution in [1.82, 2.24) is 5.32 Å². The molecule has 2 aromatic rings. The fraction of sp³-hybridized carbons (Fsp3) is 0.316. The van der Waals surface area contributed by atoms with E-state index in [4.69, 9.17) is 15.2 Å². The summed E-state index contributed by atoms with van der Waals surface area (Å²) in [6.45, 7) is 0.518. The lowest BCUT2D eigenvalue weighted by molar-refractivity contribution is -0.121. The second-order valence-electron chi connectivity index (χ2n) is 5.50. The predicted octanol–water partition coefficient (Wildman–Crippen LogP) is 2.45. The lowest BCUT2D eigenvalue weighted by Crippen LogP contribution is -2.29. The van der Waals surface area contributed by atoms with E-state index in [1.807, 2.05) is 48.5 Å². The quantitative estimate of drug-likeness (QED) is 0.781. The van der Waals surface area contributed by atoms with Crippen LogP contribution in [0.25, 0.3) is 0 Å². The zero-order chi connectivity index (χ0) is 17.4. The molecule has 1 unspecified atom stereocenters. The van der Waals surface area contributed by atoms with Crippen LogP contribution in [0.15, 0.2) is 48.5 Å². The van der Waals surface area contributed by atoms with Crippen LogP contribution >= 0.6 is 0 Å². The monoisotopic (exact) mass is 328 g/mol. The van der Waals surface area contributed by atoms with Crippen molar-refractivity contribution in [3.05, 3.63) is 59.7 Å². The van der Waals surface area contributed by atoms with Gasteiger partial charge in [-0.05, 0) is 35.7 Å². The second kappa shape index (κ2) is 8.93. The molecule has 0 aliphatic heterocycles. The van der Waals surface area contributed by atoms with Crippen molar-refractivity contribution in [3.8, 4) is 11.5 Å². The molecule has 3 N–H and O–H groups in total. The SMILES string of the molecule is COc1ccc(OC)c(CCNC(=O)CC(N)c2ccccc2)c1. The molecule has 5 nitrogen and oxygen atoms in total. The fourth-order valence-corrected chi connectivity index (χ4v) is 2.50. The first kappa shape index (κ1) is 17.8. The van der Waals surface area contributed by atoms with Gasteiger partial charge in [0.2, 0.25) is 5.91 Å². The Morgan fingerprint density at radius 2 is 1.88 bits per heavy atom. The Morgan fingerprint density at radius 3 is 2.54 bits per heavy atom. The van der Waals surface area contributed by atoms with Crippen molar-refractivity contribution < 1.29 is 14.3 Å². The number of nitrogens with two attached hydrogens (primary N) is 1. The highest BCUT2D eigenvalue weighted by Crippen LogP contribution is 2.24. The van der Waals surface area contributed by atoms with Crippen molar-refractivity contribution in [2.45, 2.75) is 18.9 Å². The number of hydrogen-bond donors (Lipinski definition) is 2. The average Bonchev–Trinajstić information content (AvgIpc) is 2.62. The number of amides is 1. The Bertz CT molecular complexity index is 659. The van der Waals surface area contributed by atoms with Gasteiger partial charge >= 0.3 is 0 Å². The van der Waals surface area contributed by atoms with Gasteiger partial charge in [0, 0.05) is 19.0 Å². The molecule has 0 spiro atoms. The summed E-state index contributed by atoms with van der Waals surface area (Å²) in [6.07, 6.45) is 0.923. The molecule has 0 radical (unpaired) electrons. The van der Waals surface area contributed by atoms with Crippen molar-refractivity contribution in [2.75, 3.05) is 20.8 Å². The van der Waals surface area contributed by atoms with E-state index in [0.29, 0.717) is 13.0 Å². The smallest absolute Gasteiger partial charge is 0.221 e. The number of ether oxygens (including phenoxy) is 2. The van der Waals surface area contributed by atoms with Gasteiger partial charge in [0.15, 0.2) is 0 Å². The lowest BCUT2D eigenvalue weighted by Gasteiger charge is -2.13. The second-order valence-corrected chi connectivity index (χ2v) is 5.50. The van der Waals surface area contributed by atoms with Gasteiger partial charge in [0.05, 0.1) is 14.2 Å². The third kappa shape index (κ3) is 4.99. The molecular formula is C19H24N2O3. The highest BCUT2D eigenvalue weighted by molar-refractivity contribution is 5.76. The summed E-state index contributed by atoms with van der Waals surface area (Å²) < 4.78 is 10.6. The fourth-order valence-electron chi connectivity index (χ4n) is 2.50. The van der Waals surface area contributed by atoms with Gasteiger partial charge in [-0.3, -0.25) is 4.79 Å². The Labute approximate surface area is 142 Å². The number of carbonyl (C=O) groups is 1. The van der Waals surface area contributed by atoms with Crippen LogP contribution in [0, 0.1) is 0 Å². The van der Waals surface area contributed by atoms with E-state index in [9.17, 15) is 4.79 Å². The summed E-state index contributed by atoms with van der Waals surface area (Å²) >= 11 is 0. The molecule has 5 heteroatoms. The first-order valence-electron chi connectivity index (χ1n) is 7.92. The minimum atomic E-state index is -0.294. The molecule has 0 saturated heterocycles. The molecule has 0 fully saturated rings. The third-order valence-electron chi connectivity index (χ3n) is 3.84. The van der Waals surface area contributed by atoms with E-state index < -0.39 is 0 Å². The standard InChI is InChI=1S/C19H24N2O3/c1-23-16-8-9-18(24-2)15(12-16)10-11-21-19(22)13-17(20)14-6-4-3-5-7-14/h3-9,12,17H,10-11,13,20H2,1-2H3,(H,21,22). The summed E-state index contributed by atoms with van der Waals surface area (Å²) in [4.78, 5) is 12.0. The molecule has 0 heterocycles. The van der Waals surface area contributed by atoms with Gasteiger partial charge in [-0.2, -0.15) is 0 Å². The largest absolute Gasteiger partial charge is 0.497 e. The molecule has 24 heavy (non-hydrogen) atoms. The molecule has 2 aromatic carbocycles. The average molecular weight is 328 g/mol. The van der Waals surface area contributed by atoms with Crippen molar-refractivity contribution in [3.63, 3.8) is 0 Å². The molecule has 1 atom stereocenters. The molecular weight excluding hydrogens is 304 g/mol. The zero-order valence-corrected chi connectivity index (χ0v) is 14.1. The van der Waals surface area contributed by atoms with E-state index in [2.05, 4.69) is 5.32 Å². The first-order valence-corrected chi connectivity index (χ1v) is 7.92. The molecule has 0 saturated carbocycles. The summed E-state index contributed by atoms with van der Waals surface area (Å²) in [7, 11) is 3.25. The highest BCUT2D eigenvalue weighted by Gasteiger charge is 2.11. The Hall–Kier alpha value is -2.53. The summed E-state index contributed by atoms with van der Waals surface area (Å²) in [6, 6.07) is 15.0. The van der Waals surface area contributed by atoms with Crippen LogP contribution in [-0.4, -0.2) is 26.7 Å². The molecule has 2 rings (SSSR count). The van der Waals surface area contributed by atoms with Gasteiger partial charge in [0.1, 0.15) is 11.5 Å². The number of carbonyl (C=O) groups excluding carboxylic acids is 1. The van der Waals surface area contributed by atoms with Gasteiger partial charge < -0.3 is 20.5 Å². The summed E-state index contributed by atoms with van der Waals surface area (Å²) in [5.74, 6) is 1.49. The van der Waals surface area contributed by atoms with Crippen LogP contribution in [0.3, 0.4) is 0 Å². The number of hydrogen-bond acceptors (Lipinski definition) is 4. The molecule has 0 aliphatic rings. The van der Waals surface area contributed by atoms with Crippen molar-refractivity contribution >= 4 is 5.91 Å². The van der Waals surface area contributed by atoms with E-state index in [1.165, 1.54) is 0 Å². The van der Waals surface area contributed by atoms with Crippen LogP contribution in [0.1, 0.15) is 23.6 Å². The van der Waals surface area contributed by atoms with Crippen LogP contribution < -0.4 is 20.5 Å². The summed E-state index contributed by atoms with van der Waals surface area (Å²) in [5, 5.41) is 2.91. The normalized spacial score (nSPS) is 11.6. The Morgan fingerprint density at radius 1 is 1.12 bits per heavy atom. The zero-order valence-electron chi connectivity index (χ0n) is 14.1. The van der Waals surface area contributed by atoms with E-state index >= 15 is 0 Å². The van der Waals surface area contributed by atoms with Crippen LogP contribution in [0.4, 0.5) is 0 Å². The van der Waals surface area contributed by atoms with Gasteiger partial charge in [-0.15, -0.1) is 0 Å². The van der Waals surface area contributed by atoms with E-state index in [0.717, 1.165) is 22.6 Å². The number of rotatable bonds is 8. The molecule has 0 aliphatic carbocycles. The van der Waals surface area contributed by atoms with Gasteiger partial charge in [-0.25, -0.2) is 0 Å². The number of nitrogens with one attached hydrogen (secondary N) is 1. The topological polar surface area (TPSA) is 73.6 Å². The maximum Gasteiger partial charge on any atom is 0.221 e. The molecule has 1 amide bonds.